The highest BCUT2D eigenvalue weighted by atomic mass is 35.5. The maximum Gasteiger partial charge on any atom is 0.258 e. The van der Waals surface area contributed by atoms with Crippen molar-refractivity contribution >= 4 is 23.2 Å². The van der Waals surface area contributed by atoms with Crippen molar-refractivity contribution in [1.82, 2.24) is 10.1 Å². The summed E-state index contributed by atoms with van der Waals surface area (Å²) in [5.41, 5.74) is 1.44. The van der Waals surface area contributed by atoms with Crippen LogP contribution in [0.25, 0.3) is 22.8 Å². The summed E-state index contributed by atoms with van der Waals surface area (Å²) in [6.07, 6.45) is 0. The summed E-state index contributed by atoms with van der Waals surface area (Å²) in [7, 11) is 1.60. The average Bonchev–Trinajstić information content (AvgIpc) is 2.97. The van der Waals surface area contributed by atoms with Gasteiger partial charge in [-0.25, -0.2) is 0 Å². The summed E-state index contributed by atoms with van der Waals surface area (Å²) >= 11 is 12.0. The lowest BCUT2D eigenvalue weighted by Gasteiger charge is -2.00. The van der Waals surface area contributed by atoms with Crippen molar-refractivity contribution in [3.05, 3.63) is 52.5 Å². The molecule has 0 spiro atoms. The van der Waals surface area contributed by atoms with Crippen LogP contribution < -0.4 is 4.74 Å². The van der Waals surface area contributed by atoms with Crippen LogP contribution in [0.2, 0.25) is 10.0 Å². The topological polar surface area (TPSA) is 48.2 Å². The smallest absolute Gasteiger partial charge is 0.258 e. The number of halogens is 2. The monoisotopic (exact) mass is 320 g/mol. The lowest BCUT2D eigenvalue weighted by atomic mass is 10.2. The normalized spacial score (nSPS) is 10.6. The van der Waals surface area contributed by atoms with E-state index >= 15 is 0 Å². The average molecular weight is 321 g/mol. The van der Waals surface area contributed by atoms with Gasteiger partial charge in [-0.3, -0.25) is 0 Å². The number of hydrogen-bond donors (Lipinski definition) is 0. The van der Waals surface area contributed by atoms with Crippen LogP contribution in [-0.4, -0.2) is 17.3 Å². The lowest BCUT2D eigenvalue weighted by Crippen LogP contribution is -1.85. The third kappa shape index (κ3) is 2.86. The Morgan fingerprint density at radius 3 is 2.71 bits per heavy atom. The summed E-state index contributed by atoms with van der Waals surface area (Å²) < 4.78 is 10.5. The summed E-state index contributed by atoms with van der Waals surface area (Å²) in [5.74, 6) is 1.53. The molecule has 0 N–H and O–H groups in total. The van der Waals surface area contributed by atoms with E-state index in [0.717, 1.165) is 11.3 Å². The maximum atomic E-state index is 6.14. The quantitative estimate of drug-likeness (QED) is 0.700. The van der Waals surface area contributed by atoms with Crippen LogP contribution >= 0.6 is 23.2 Å². The van der Waals surface area contributed by atoms with Gasteiger partial charge in [0.25, 0.3) is 5.89 Å². The van der Waals surface area contributed by atoms with Gasteiger partial charge in [-0.05, 0) is 36.4 Å². The second kappa shape index (κ2) is 5.76. The van der Waals surface area contributed by atoms with Gasteiger partial charge in [0.05, 0.1) is 12.1 Å². The van der Waals surface area contributed by atoms with Gasteiger partial charge in [0.1, 0.15) is 5.75 Å². The molecule has 1 aromatic heterocycles. The molecule has 0 fully saturated rings. The van der Waals surface area contributed by atoms with Crippen molar-refractivity contribution in [3.63, 3.8) is 0 Å². The number of benzene rings is 2. The minimum Gasteiger partial charge on any atom is -0.497 e. The third-order valence-electron chi connectivity index (χ3n) is 2.91. The fourth-order valence-corrected chi connectivity index (χ4v) is 2.37. The van der Waals surface area contributed by atoms with Crippen molar-refractivity contribution < 1.29 is 9.26 Å². The second-order valence-electron chi connectivity index (χ2n) is 4.28. The van der Waals surface area contributed by atoms with Crippen LogP contribution in [-0.2, 0) is 0 Å². The van der Waals surface area contributed by atoms with Crippen LogP contribution in [0.3, 0.4) is 0 Å². The highest BCUT2D eigenvalue weighted by molar-refractivity contribution is 6.36. The Morgan fingerprint density at radius 1 is 1.10 bits per heavy atom. The molecule has 6 heteroatoms. The molecular formula is C15H10Cl2N2O2. The molecule has 4 nitrogen and oxygen atoms in total. The molecule has 3 aromatic rings. The second-order valence-corrected chi connectivity index (χ2v) is 5.12. The van der Waals surface area contributed by atoms with Gasteiger partial charge in [0, 0.05) is 16.1 Å². The first kappa shape index (κ1) is 13.9. The number of rotatable bonds is 3. The summed E-state index contributed by atoms with van der Waals surface area (Å²) in [6.45, 7) is 0. The number of ether oxygens (including phenoxy) is 1. The highest BCUT2D eigenvalue weighted by Gasteiger charge is 2.13. The van der Waals surface area contributed by atoms with Gasteiger partial charge in [-0.2, -0.15) is 4.98 Å². The summed E-state index contributed by atoms with van der Waals surface area (Å²) in [4.78, 5) is 4.36. The van der Waals surface area contributed by atoms with Crippen LogP contribution in [0, 0.1) is 0 Å². The maximum absolute atomic E-state index is 6.14. The molecule has 0 unspecified atom stereocenters. The zero-order valence-corrected chi connectivity index (χ0v) is 12.5. The van der Waals surface area contributed by atoms with Gasteiger partial charge >= 0.3 is 0 Å². The molecule has 2 aromatic carbocycles. The molecule has 0 aliphatic carbocycles. The van der Waals surface area contributed by atoms with E-state index in [9.17, 15) is 0 Å². The standard InChI is InChI=1S/C15H10Cl2N2O2/c1-20-11-4-2-3-9(7-11)15-18-14(19-21-15)12-6-5-10(16)8-13(12)17/h2-8H,1H3. The number of aromatic nitrogens is 2. The number of nitrogens with zero attached hydrogens (tertiary/aromatic N) is 2. The molecule has 1 heterocycles. The molecule has 106 valence electrons. The molecular weight excluding hydrogens is 311 g/mol. The zero-order valence-electron chi connectivity index (χ0n) is 11.0. The van der Waals surface area contributed by atoms with Gasteiger partial charge in [-0.15, -0.1) is 0 Å². The van der Waals surface area contributed by atoms with E-state index in [2.05, 4.69) is 10.1 Å². The Balaban J connectivity index is 1.99. The van der Waals surface area contributed by atoms with Gasteiger partial charge in [-0.1, -0.05) is 34.4 Å². The number of methoxy groups -OCH3 is 1. The summed E-state index contributed by atoms with van der Waals surface area (Å²) in [6, 6.07) is 12.5. The van der Waals surface area contributed by atoms with E-state index < -0.39 is 0 Å². The molecule has 0 saturated heterocycles. The van der Waals surface area contributed by atoms with Crippen molar-refractivity contribution in [3.8, 4) is 28.6 Å². The predicted octanol–water partition coefficient (Wildman–Crippen LogP) is 4.72. The first-order valence-corrected chi connectivity index (χ1v) is 6.86. The molecule has 0 atom stereocenters. The van der Waals surface area contributed by atoms with Crippen LogP contribution in [0.1, 0.15) is 0 Å². The molecule has 0 aliphatic rings. The Hall–Kier alpha value is -2.04. The third-order valence-corrected chi connectivity index (χ3v) is 3.46. The first-order chi connectivity index (χ1) is 10.2. The van der Waals surface area contributed by atoms with Crippen LogP contribution in [0.15, 0.2) is 47.0 Å². The molecule has 0 bridgehead atoms. The van der Waals surface area contributed by atoms with Gasteiger partial charge in [0.2, 0.25) is 5.82 Å². The van der Waals surface area contributed by atoms with Crippen LogP contribution in [0.5, 0.6) is 5.75 Å². The summed E-state index contributed by atoms with van der Waals surface area (Å²) in [5, 5.41) is 4.98. The van der Waals surface area contributed by atoms with E-state index in [4.69, 9.17) is 32.5 Å². The Kier molecular flexibility index (Phi) is 3.82. The van der Waals surface area contributed by atoms with Crippen molar-refractivity contribution in [2.45, 2.75) is 0 Å². The zero-order chi connectivity index (χ0) is 14.8. The van der Waals surface area contributed by atoms with E-state index in [-0.39, 0.29) is 0 Å². The molecule has 3 rings (SSSR count). The predicted molar refractivity (Wildman–Crippen MR) is 81.7 cm³/mol. The molecule has 0 amide bonds. The Morgan fingerprint density at radius 2 is 1.95 bits per heavy atom. The minimum absolute atomic E-state index is 0.398. The Labute approximate surface area is 131 Å². The SMILES string of the molecule is COc1cccc(-c2nc(-c3ccc(Cl)cc3Cl)no2)c1. The fraction of sp³-hybridized carbons (Fsp3) is 0.0667. The van der Waals surface area contributed by atoms with Crippen molar-refractivity contribution in [1.29, 1.82) is 0 Å². The van der Waals surface area contributed by atoms with Crippen molar-refractivity contribution in [2.24, 2.45) is 0 Å². The molecule has 0 saturated carbocycles. The largest absolute Gasteiger partial charge is 0.497 e. The van der Waals surface area contributed by atoms with Gasteiger partial charge < -0.3 is 9.26 Å². The van der Waals surface area contributed by atoms with E-state index in [1.54, 1.807) is 25.3 Å². The molecule has 0 radical (unpaired) electrons. The molecule has 21 heavy (non-hydrogen) atoms. The highest BCUT2D eigenvalue weighted by Crippen LogP contribution is 2.30. The minimum atomic E-state index is 0.398. The Bertz CT molecular complexity index is 787. The first-order valence-electron chi connectivity index (χ1n) is 6.11. The van der Waals surface area contributed by atoms with E-state index in [1.807, 2.05) is 24.3 Å². The molecule has 0 aliphatic heterocycles. The van der Waals surface area contributed by atoms with Crippen molar-refractivity contribution in [2.75, 3.05) is 7.11 Å². The number of hydrogen-bond acceptors (Lipinski definition) is 4. The van der Waals surface area contributed by atoms with Gasteiger partial charge in [0.15, 0.2) is 0 Å². The lowest BCUT2D eigenvalue weighted by molar-refractivity contribution is 0.413. The van der Waals surface area contributed by atoms with E-state index in [0.29, 0.717) is 27.3 Å². The fourth-order valence-electron chi connectivity index (χ4n) is 1.88. The van der Waals surface area contributed by atoms with Crippen LogP contribution in [0.4, 0.5) is 0 Å². The van der Waals surface area contributed by atoms with E-state index in [1.165, 1.54) is 0 Å².